The number of para-hydroxylation sites is 1. The number of hydrogen-bond donors (Lipinski definition) is 2. The van der Waals surface area contributed by atoms with Gasteiger partial charge >= 0.3 is 5.97 Å². The molecule has 0 radical (unpaired) electrons. The number of aryl methyl sites for hydroxylation is 1. The summed E-state index contributed by atoms with van der Waals surface area (Å²) >= 11 is 0. The molecule has 0 aliphatic carbocycles. The average molecular weight is 365 g/mol. The number of nitrogens with two attached hydrogens (primary N) is 1. The molecule has 0 bridgehead atoms. The molecule has 0 aliphatic heterocycles. The highest BCUT2D eigenvalue weighted by molar-refractivity contribution is 5.90. The van der Waals surface area contributed by atoms with Crippen LogP contribution in [0.25, 0.3) is 0 Å². The van der Waals surface area contributed by atoms with Gasteiger partial charge in [-0.25, -0.2) is 4.79 Å². The number of anilines is 3. The number of esters is 1. The number of nitrogens with one attached hydrogen (secondary N) is 1. The number of carbonyl (C=O) groups excluding carboxylic acids is 1. The third kappa shape index (κ3) is 4.69. The van der Waals surface area contributed by atoms with Gasteiger partial charge in [0.2, 0.25) is 11.9 Å². The summed E-state index contributed by atoms with van der Waals surface area (Å²) in [5.74, 6) is 0.657. The number of benzene rings is 2. The highest BCUT2D eigenvalue weighted by Gasteiger charge is 2.12. The van der Waals surface area contributed by atoms with Crippen LogP contribution >= 0.6 is 0 Å². The lowest BCUT2D eigenvalue weighted by Crippen LogP contribution is -2.11. The van der Waals surface area contributed by atoms with Gasteiger partial charge in [-0.15, -0.1) is 0 Å². The summed E-state index contributed by atoms with van der Waals surface area (Å²) < 4.78 is 10.5. The standard InChI is InChI=1S/C19H19N5O3/c1-12-8-9-13(10-15(12)26-2)17(25)27-11-16-22-18(20)24-19(23-16)21-14-6-4-3-5-7-14/h3-10H,11H2,1-2H3,(H3,20,21,22,23,24). The van der Waals surface area contributed by atoms with E-state index in [4.69, 9.17) is 15.2 Å². The Labute approximate surface area is 156 Å². The maximum absolute atomic E-state index is 12.3. The smallest absolute Gasteiger partial charge is 0.338 e. The van der Waals surface area contributed by atoms with Gasteiger partial charge in [0.25, 0.3) is 0 Å². The Kier molecular flexibility index (Phi) is 5.46. The van der Waals surface area contributed by atoms with E-state index in [1.807, 2.05) is 37.3 Å². The van der Waals surface area contributed by atoms with E-state index in [9.17, 15) is 4.79 Å². The Morgan fingerprint density at radius 1 is 1.11 bits per heavy atom. The molecule has 3 rings (SSSR count). The van der Waals surface area contributed by atoms with Crippen molar-refractivity contribution in [2.24, 2.45) is 0 Å². The summed E-state index contributed by atoms with van der Waals surface area (Å²) in [5.41, 5.74) is 7.83. The molecule has 8 nitrogen and oxygen atoms in total. The highest BCUT2D eigenvalue weighted by atomic mass is 16.5. The molecule has 0 aliphatic rings. The first-order valence-corrected chi connectivity index (χ1v) is 8.19. The van der Waals surface area contributed by atoms with Crippen LogP contribution < -0.4 is 15.8 Å². The van der Waals surface area contributed by atoms with Crippen LogP contribution in [-0.2, 0) is 11.3 Å². The van der Waals surface area contributed by atoms with Crippen molar-refractivity contribution in [2.45, 2.75) is 13.5 Å². The third-order valence-corrected chi connectivity index (χ3v) is 3.71. The van der Waals surface area contributed by atoms with Gasteiger partial charge in [0, 0.05) is 5.69 Å². The van der Waals surface area contributed by atoms with Crippen molar-refractivity contribution in [3.8, 4) is 5.75 Å². The predicted molar refractivity (Wildman–Crippen MR) is 101 cm³/mol. The largest absolute Gasteiger partial charge is 0.496 e. The predicted octanol–water partition coefficient (Wildman–Crippen LogP) is 2.87. The molecule has 0 saturated heterocycles. The molecule has 27 heavy (non-hydrogen) atoms. The molecule has 1 aromatic heterocycles. The molecule has 2 aromatic carbocycles. The fourth-order valence-corrected chi connectivity index (χ4v) is 2.37. The third-order valence-electron chi connectivity index (χ3n) is 3.71. The van der Waals surface area contributed by atoms with Gasteiger partial charge in [-0.05, 0) is 36.8 Å². The van der Waals surface area contributed by atoms with Crippen LogP contribution in [-0.4, -0.2) is 28.0 Å². The lowest BCUT2D eigenvalue weighted by Gasteiger charge is -2.09. The van der Waals surface area contributed by atoms with Crippen molar-refractivity contribution < 1.29 is 14.3 Å². The summed E-state index contributed by atoms with van der Waals surface area (Å²) in [6.45, 7) is 1.76. The van der Waals surface area contributed by atoms with Crippen molar-refractivity contribution in [1.82, 2.24) is 15.0 Å². The van der Waals surface area contributed by atoms with Crippen LogP contribution in [0.15, 0.2) is 48.5 Å². The van der Waals surface area contributed by atoms with Crippen molar-refractivity contribution in [3.05, 3.63) is 65.5 Å². The van der Waals surface area contributed by atoms with Crippen LogP contribution in [0.4, 0.5) is 17.6 Å². The number of aromatic nitrogens is 3. The van der Waals surface area contributed by atoms with Crippen LogP contribution in [0, 0.1) is 6.92 Å². The van der Waals surface area contributed by atoms with Gasteiger partial charge in [-0.3, -0.25) is 0 Å². The molecular weight excluding hydrogens is 346 g/mol. The van der Waals surface area contributed by atoms with Crippen molar-refractivity contribution in [3.63, 3.8) is 0 Å². The van der Waals surface area contributed by atoms with Gasteiger partial charge in [0.1, 0.15) is 5.75 Å². The van der Waals surface area contributed by atoms with E-state index in [1.54, 1.807) is 25.3 Å². The minimum Gasteiger partial charge on any atom is -0.496 e. The van der Waals surface area contributed by atoms with E-state index in [0.717, 1.165) is 11.3 Å². The molecular formula is C19H19N5O3. The van der Waals surface area contributed by atoms with Gasteiger partial charge in [0.05, 0.1) is 12.7 Å². The number of methoxy groups -OCH3 is 1. The van der Waals surface area contributed by atoms with E-state index in [-0.39, 0.29) is 24.3 Å². The Hall–Kier alpha value is -3.68. The lowest BCUT2D eigenvalue weighted by atomic mass is 10.1. The van der Waals surface area contributed by atoms with Crippen LogP contribution in [0.1, 0.15) is 21.7 Å². The number of nitrogen functional groups attached to an aromatic ring is 1. The van der Waals surface area contributed by atoms with E-state index < -0.39 is 5.97 Å². The fraction of sp³-hybridized carbons (Fsp3) is 0.158. The number of hydrogen-bond acceptors (Lipinski definition) is 8. The summed E-state index contributed by atoms with van der Waals surface area (Å²) in [6.07, 6.45) is 0. The monoisotopic (exact) mass is 365 g/mol. The van der Waals surface area contributed by atoms with Crippen molar-refractivity contribution >= 4 is 23.6 Å². The van der Waals surface area contributed by atoms with Crippen LogP contribution in [0.5, 0.6) is 5.75 Å². The molecule has 3 N–H and O–H groups in total. The van der Waals surface area contributed by atoms with E-state index in [2.05, 4.69) is 20.3 Å². The zero-order valence-electron chi connectivity index (χ0n) is 15.0. The van der Waals surface area contributed by atoms with Crippen molar-refractivity contribution in [2.75, 3.05) is 18.2 Å². The zero-order chi connectivity index (χ0) is 19.2. The lowest BCUT2D eigenvalue weighted by molar-refractivity contribution is 0.0462. The maximum Gasteiger partial charge on any atom is 0.338 e. The van der Waals surface area contributed by atoms with E-state index in [1.165, 1.54) is 0 Å². The summed E-state index contributed by atoms with van der Waals surface area (Å²) in [4.78, 5) is 24.5. The van der Waals surface area contributed by atoms with Crippen LogP contribution in [0.3, 0.4) is 0 Å². The van der Waals surface area contributed by atoms with Gasteiger partial charge < -0.3 is 20.5 Å². The van der Waals surface area contributed by atoms with Crippen LogP contribution in [0.2, 0.25) is 0 Å². The second-order valence-electron chi connectivity index (χ2n) is 5.69. The minimum absolute atomic E-state index is 0.0338. The van der Waals surface area contributed by atoms with Gasteiger partial charge in [-0.2, -0.15) is 15.0 Å². The molecule has 0 spiro atoms. The minimum atomic E-state index is -0.509. The Balaban J connectivity index is 1.69. The fourth-order valence-electron chi connectivity index (χ4n) is 2.37. The molecule has 8 heteroatoms. The first kappa shape index (κ1) is 18.1. The summed E-state index contributed by atoms with van der Waals surface area (Å²) in [6, 6.07) is 14.5. The normalized spacial score (nSPS) is 10.3. The molecule has 3 aromatic rings. The Morgan fingerprint density at radius 2 is 1.89 bits per heavy atom. The molecule has 0 atom stereocenters. The molecule has 0 fully saturated rings. The molecule has 1 heterocycles. The van der Waals surface area contributed by atoms with Gasteiger partial charge in [-0.1, -0.05) is 24.3 Å². The van der Waals surface area contributed by atoms with Crippen molar-refractivity contribution in [1.29, 1.82) is 0 Å². The van der Waals surface area contributed by atoms with Gasteiger partial charge in [0.15, 0.2) is 12.4 Å². The molecule has 138 valence electrons. The van der Waals surface area contributed by atoms with E-state index in [0.29, 0.717) is 11.3 Å². The first-order chi connectivity index (χ1) is 13.0. The molecule has 0 amide bonds. The number of ether oxygens (including phenoxy) is 2. The Morgan fingerprint density at radius 3 is 2.63 bits per heavy atom. The average Bonchev–Trinajstić information content (AvgIpc) is 2.67. The van der Waals surface area contributed by atoms with E-state index >= 15 is 0 Å². The Bertz CT molecular complexity index is 947. The summed E-state index contributed by atoms with van der Waals surface area (Å²) in [5, 5.41) is 3.03. The summed E-state index contributed by atoms with van der Waals surface area (Å²) in [7, 11) is 1.55. The number of nitrogens with zero attached hydrogens (tertiary/aromatic N) is 3. The number of rotatable bonds is 6. The second-order valence-corrected chi connectivity index (χ2v) is 5.69. The zero-order valence-corrected chi connectivity index (χ0v) is 15.0. The second kappa shape index (κ2) is 8.13. The topological polar surface area (TPSA) is 112 Å². The maximum atomic E-state index is 12.3. The molecule has 0 unspecified atom stereocenters. The first-order valence-electron chi connectivity index (χ1n) is 8.19. The quantitative estimate of drug-likeness (QED) is 0.641. The highest BCUT2D eigenvalue weighted by Crippen LogP contribution is 2.20. The number of carbonyl (C=O) groups is 1. The SMILES string of the molecule is COc1cc(C(=O)OCc2nc(N)nc(Nc3ccccc3)n2)ccc1C. The molecule has 0 saturated carbocycles.